The highest BCUT2D eigenvalue weighted by molar-refractivity contribution is 6.34. The lowest BCUT2D eigenvalue weighted by Gasteiger charge is -2.11. The molecular formula is C11H10BClO4. The maximum atomic E-state index is 8.80. The number of fused-ring (bicyclic) bond motifs is 1. The molecule has 88 valence electrons. The first-order chi connectivity index (χ1) is 8.10. The van der Waals surface area contributed by atoms with Crippen LogP contribution >= 0.6 is 11.6 Å². The molecule has 0 aliphatic rings. The van der Waals surface area contributed by atoms with Crippen molar-refractivity contribution < 1.29 is 19.4 Å². The van der Waals surface area contributed by atoms with Gasteiger partial charge in [0.05, 0.1) is 7.11 Å². The third-order valence-electron chi connectivity index (χ3n) is 2.32. The Balaban J connectivity index is 2.56. The minimum atomic E-state index is -1.88. The molecule has 0 spiro atoms. The zero-order chi connectivity index (χ0) is 12.4. The molecule has 0 radical (unpaired) electrons. The second kappa shape index (κ2) is 4.83. The average molecular weight is 252 g/mol. The van der Waals surface area contributed by atoms with Gasteiger partial charge in [0.15, 0.2) is 5.75 Å². The average Bonchev–Trinajstić information content (AvgIpc) is 2.28. The maximum absolute atomic E-state index is 8.80. The Morgan fingerprint density at radius 1 is 1.06 bits per heavy atom. The van der Waals surface area contributed by atoms with Crippen molar-refractivity contribution in [2.24, 2.45) is 0 Å². The molecule has 2 rings (SSSR count). The zero-order valence-electron chi connectivity index (χ0n) is 9.05. The maximum Gasteiger partial charge on any atom is 0.707 e. The molecule has 0 fully saturated rings. The summed E-state index contributed by atoms with van der Waals surface area (Å²) in [6, 6.07) is 8.73. The highest BCUT2D eigenvalue weighted by atomic mass is 35.5. The topological polar surface area (TPSA) is 58.9 Å². The van der Waals surface area contributed by atoms with Crippen molar-refractivity contribution >= 4 is 29.7 Å². The molecule has 0 amide bonds. The van der Waals surface area contributed by atoms with E-state index in [2.05, 4.69) is 0 Å². The van der Waals surface area contributed by atoms with E-state index in [1.54, 1.807) is 24.3 Å². The fourth-order valence-corrected chi connectivity index (χ4v) is 1.77. The molecule has 0 atom stereocenters. The summed E-state index contributed by atoms with van der Waals surface area (Å²) in [5, 5.41) is 20.0. The monoisotopic (exact) mass is 252 g/mol. The van der Waals surface area contributed by atoms with Gasteiger partial charge in [0.25, 0.3) is 0 Å². The summed E-state index contributed by atoms with van der Waals surface area (Å²) in [7, 11) is -0.406. The van der Waals surface area contributed by atoms with Crippen molar-refractivity contribution in [3.05, 3.63) is 35.4 Å². The molecule has 17 heavy (non-hydrogen) atoms. The predicted octanol–water partition coefficient (Wildman–Crippen LogP) is 1.85. The summed E-state index contributed by atoms with van der Waals surface area (Å²) in [5.41, 5.74) is 0. The molecular weight excluding hydrogens is 242 g/mol. The van der Waals surface area contributed by atoms with Crippen molar-refractivity contribution in [3.8, 4) is 11.5 Å². The molecule has 0 saturated carbocycles. The van der Waals surface area contributed by atoms with Crippen LogP contribution in [0.2, 0.25) is 5.02 Å². The highest BCUT2D eigenvalue weighted by Crippen LogP contribution is 2.33. The molecule has 0 unspecified atom stereocenters. The summed E-state index contributed by atoms with van der Waals surface area (Å²) in [5.74, 6) is 0.671. The van der Waals surface area contributed by atoms with Gasteiger partial charge in [0, 0.05) is 5.02 Å². The van der Waals surface area contributed by atoms with E-state index in [-0.39, 0.29) is 5.75 Å². The van der Waals surface area contributed by atoms with Crippen LogP contribution in [0.4, 0.5) is 0 Å². The third-order valence-corrected chi connectivity index (χ3v) is 2.55. The van der Waals surface area contributed by atoms with Gasteiger partial charge in [-0.25, -0.2) is 0 Å². The largest absolute Gasteiger partial charge is 0.707 e. The van der Waals surface area contributed by atoms with E-state index in [0.717, 1.165) is 10.8 Å². The van der Waals surface area contributed by atoms with Crippen molar-refractivity contribution in [2.45, 2.75) is 0 Å². The number of hydrogen-bond donors (Lipinski definition) is 2. The molecule has 2 aromatic rings. The molecule has 0 aliphatic heterocycles. The standard InChI is InChI=1S/C11H10BClO4/c1-16-10-6-8-4-9(13)3-2-7(8)5-11(10)17-12(14)15/h2-6,14-15H,1H3. The Labute approximate surface area is 104 Å². The summed E-state index contributed by atoms with van der Waals surface area (Å²) in [4.78, 5) is 0. The summed E-state index contributed by atoms with van der Waals surface area (Å²) in [6.07, 6.45) is 0. The van der Waals surface area contributed by atoms with E-state index in [1.165, 1.54) is 7.11 Å². The quantitative estimate of drug-likeness (QED) is 0.819. The van der Waals surface area contributed by atoms with Crippen LogP contribution in [0.5, 0.6) is 11.5 Å². The molecule has 2 aromatic carbocycles. The van der Waals surface area contributed by atoms with Crippen LogP contribution in [0, 0.1) is 0 Å². The molecule has 0 bridgehead atoms. The Kier molecular flexibility index (Phi) is 3.42. The van der Waals surface area contributed by atoms with Crippen LogP contribution in [0.3, 0.4) is 0 Å². The van der Waals surface area contributed by atoms with Crippen LogP contribution < -0.4 is 9.39 Å². The number of halogens is 1. The summed E-state index contributed by atoms with van der Waals surface area (Å²) >= 11 is 5.89. The van der Waals surface area contributed by atoms with E-state index in [0.29, 0.717) is 10.8 Å². The fraction of sp³-hybridized carbons (Fsp3) is 0.0909. The van der Waals surface area contributed by atoms with Gasteiger partial charge in [-0.2, -0.15) is 0 Å². The van der Waals surface area contributed by atoms with Crippen molar-refractivity contribution in [1.82, 2.24) is 0 Å². The molecule has 6 heteroatoms. The van der Waals surface area contributed by atoms with Gasteiger partial charge in [-0.05, 0) is 35.0 Å². The number of hydrogen-bond acceptors (Lipinski definition) is 4. The van der Waals surface area contributed by atoms with E-state index in [4.69, 9.17) is 31.0 Å². The van der Waals surface area contributed by atoms with Gasteiger partial charge in [-0.1, -0.05) is 17.7 Å². The summed E-state index contributed by atoms with van der Waals surface area (Å²) < 4.78 is 9.93. The molecule has 0 aromatic heterocycles. The first-order valence-electron chi connectivity index (χ1n) is 4.90. The van der Waals surface area contributed by atoms with Crippen LogP contribution in [-0.4, -0.2) is 24.5 Å². The third kappa shape index (κ3) is 2.63. The molecule has 0 saturated heterocycles. The number of ether oxygens (including phenoxy) is 1. The van der Waals surface area contributed by atoms with Crippen LogP contribution in [0.25, 0.3) is 10.8 Å². The summed E-state index contributed by atoms with van der Waals surface area (Å²) in [6.45, 7) is 0. The van der Waals surface area contributed by atoms with Crippen LogP contribution in [-0.2, 0) is 0 Å². The fourth-order valence-electron chi connectivity index (χ4n) is 1.59. The van der Waals surface area contributed by atoms with E-state index in [1.807, 2.05) is 6.07 Å². The van der Waals surface area contributed by atoms with Crippen molar-refractivity contribution in [1.29, 1.82) is 0 Å². The Bertz CT molecular complexity index is 544. The van der Waals surface area contributed by atoms with Gasteiger partial charge in [0.2, 0.25) is 0 Å². The second-order valence-corrected chi connectivity index (χ2v) is 3.88. The number of methoxy groups -OCH3 is 1. The predicted molar refractivity (Wildman–Crippen MR) is 66.3 cm³/mol. The first-order valence-corrected chi connectivity index (χ1v) is 5.28. The SMILES string of the molecule is COc1cc2cc(Cl)ccc2cc1OB(O)O. The van der Waals surface area contributed by atoms with Gasteiger partial charge < -0.3 is 19.4 Å². The molecule has 0 aliphatic carbocycles. The van der Waals surface area contributed by atoms with Crippen molar-refractivity contribution in [2.75, 3.05) is 7.11 Å². The van der Waals surface area contributed by atoms with Crippen LogP contribution in [0.15, 0.2) is 30.3 Å². The molecule has 2 N–H and O–H groups in total. The van der Waals surface area contributed by atoms with Gasteiger partial charge in [0.1, 0.15) is 5.75 Å². The molecule has 4 nitrogen and oxygen atoms in total. The Morgan fingerprint density at radius 2 is 1.76 bits per heavy atom. The van der Waals surface area contributed by atoms with E-state index < -0.39 is 7.32 Å². The molecule has 0 heterocycles. The second-order valence-electron chi connectivity index (χ2n) is 3.44. The number of rotatable bonds is 3. The van der Waals surface area contributed by atoms with E-state index >= 15 is 0 Å². The Morgan fingerprint density at radius 3 is 2.41 bits per heavy atom. The van der Waals surface area contributed by atoms with Crippen molar-refractivity contribution in [3.63, 3.8) is 0 Å². The first kappa shape index (κ1) is 12.0. The van der Waals surface area contributed by atoms with Crippen LogP contribution in [0.1, 0.15) is 0 Å². The van der Waals surface area contributed by atoms with Gasteiger partial charge in [-0.3, -0.25) is 0 Å². The van der Waals surface area contributed by atoms with Gasteiger partial charge >= 0.3 is 7.32 Å². The normalized spacial score (nSPS) is 10.4. The Hall–Kier alpha value is -1.43. The number of benzene rings is 2. The van der Waals surface area contributed by atoms with E-state index in [9.17, 15) is 0 Å². The lowest BCUT2D eigenvalue weighted by molar-refractivity contribution is 0.280. The lowest BCUT2D eigenvalue weighted by Crippen LogP contribution is -2.20. The minimum Gasteiger partial charge on any atom is -0.509 e. The smallest absolute Gasteiger partial charge is 0.509 e. The zero-order valence-corrected chi connectivity index (χ0v) is 9.81. The minimum absolute atomic E-state index is 0.261. The lowest BCUT2D eigenvalue weighted by atomic mass is 10.1. The van der Waals surface area contributed by atoms with Gasteiger partial charge in [-0.15, -0.1) is 0 Å². The highest BCUT2D eigenvalue weighted by Gasteiger charge is 2.15.